The first kappa shape index (κ1) is 11.3. The van der Waals surface area contributed by atoms with Crippen molar-refractivity contribution in [1.82, 2.24) is 0 Å². The quantitative estimate of drug-likeness (QED) is 0.644. The summed E-state index contributed by atoms with van der Waals surface area (Å²) < 4.78 is 6.07. The molecule has 0 fully saturated rings. The van der Waals surface area contributed by atoms with Crippen LogP contribution in [-0.4, -0.2) is 0 Å². The molecule has 2 aromatic carbocycles. The van der Waals surface area contributed by atoms with E-state index < -0.39 is 0 Å². The maximum absolute atomic E-state index is 6.07. The van der Waals surface area contributed by atoms with Crippen molar-refractivity contribution < 1.29 is 4.74 Å². The minimum Gasteiger partial charge on any atom is -0.457 e. The van der Waals surface area contributed by atoms with E-state index in [-0.39, 0.29) is 5.41 Å². The van der Waals surface area contributed by atoms with Crippen LogP contribution in [0.3, 0.4) is 0 Å². The maximum atomic E-state index is 6.07. The number of fused-ring (bicyclic) bond motifs is 2. The summed E-state index contributed by atoms with van der Waals surface area (Å²) in [6.45, 7) is 8.72. The minimum absolute atomic E-state index is 0.00428. The van der Waals surface area contributed by atoms with Crippen molar-refractivity contribution in [1.29, 1.82) is 0 Å². The highest BCUT2D eigenvalue weighted by Gasteiger charge is 2.33. The molecule has 1 nitrogen and oxygen atoms in total. The van der Waals surface area contributed by atoms with Crippen molar-refractivity contribution in [2.45, 2.75) is 33.1 Å². The lowest BCUT2D eigenvalue weighted by Gasteiger charge is -2.34. The van der Waals surface area contributed by atoms with Gasteiger partial charge in [0.05, 0.1) is 0 Å². The summed E-state index contributed by atoms with van der Waals surface area (Å²) in [5.41, 5.74) is 5.01. The average Bonchev–Trinajstić information content (AvgIpc) is 2.27. The molecule has 2 aromatic rings. The van der Waals surface area contributed by atoms with E-state index in [1.54, 1.807) is 0 Å². The molecule has 0 aromatic heterocycles. The number of aryl methyl sites for hydroxylation is 2. The maximum Gasteiger partial charge on any atom is 0.131 e. The Hall–Kier alpha value is -1.76. The van der Waals surface area contributed by atoms with Gasteiger partial charge >= 0.3 is 0 Å². The fourth-order valence-corrected chi connectivity index (χ4v) is 2.72. The van der Waals surface area contributed by atoms with Crippen LogP contribution in [0.1, 0.15) is 36.1 Å². The van der Waals surface area contributed by atoms with Gasteiger partial charge in [-0.2, -0.15) is 0 Å². The fraction of sp³-hybridized carbons (Fsp3) is 0.294. The Morgan fingerprint density at radius 1 is 0.778 bits per heavy atom. The van der Waals surface area contributed by atoms with Crippen LogP contribution in [0.15, 0.2) is 36.4 Å². The summed E-state index contributed by atoms with van der Waals surface area (Å²) in [5, 5.41) is 0. The molecule has 1 aliphatic rings. The molecule has 1 aliphatic heterocycles. The summed E-state index contributed by atoms with van der Waals surface area (Å²) in [5.74, 6) is 2.00. The summed E-state index contributed by atoms with van der Waals surface area (Å²) in [6.07, 6.45) is 0. The summed E-state index contributed by atoms with van der Waals surface area (Å²) in [7, 11) is 0. The van der Waals surface area contributed by atoms with Crippen LogP contribution in [0, 0.1) is 13.8 Å². The van der Waals surface area contributed by atoms with Gasteiger partial charge in [-0.3, -0.25) is 0 Å². The van der Waals surface area contributed by atoms with Crippen molar-refractivity contribution in [3.63, 3.8) is 0 Å². The third-order valence-electron chi connectivity index (χ3n) is 3.84. The molecule has 0 saturated heterocycles. The molecule has 0 atom stereocenters. The second kappa shape index (κ2) is 3.61. The predicted octanol–water partition coefficient (Wildman–Crippen LogP) is 4.74. The number of hydrogen-bond donors (Lipinski definition) is 0. The molecule has 3 rings (SSSR count). The van der Waals surface area contributed by atoms with Gasteiger partial charge in [-0.05, 0) is 37.1 Å². The third kappa shape index (κ3) is 1.54. The van der Waals surface area contributed by atoms with E-state index in [0.717, 1.165) is 11.5 Å². The molecule has 0 bridgehead atoms. The van der Waals surface area contributed by atoms with Crippen LogP contribution in [0.4, 0.5) is 0 Å². The predicted molar refractivity (Wildman–Crippen MR) is 74.6 cm³/mol. The van der Waals surface area contributed by atoms with E-state index >= 15 is 0 Å². The lowest BCUT2D eigenvalue weighted by atomic mass is 9.75. The van der Waals surface area contributed by atoms with Crippen LogP contribution in [0.25, 0.3) is 0 Å². The van der Waals surface area contributed by atoms with Crippen molar-refractivity contribution in [3.8, 4) is 11.5 Å². The second-order valence-corrected chi connectivity index (χ2v) is 5.73. The van der Waals surface area contributed by atoms with E-state index in [2.05, 4.69) is 64.1 Å². The highest BCUT2D eigenvalue weighted by molar-refractivity contribution is 5.57. The molecule has 0 unspecified atom stereocenters. The van der Waals surface area contributed by atoms with Gasteiger partial charge in [0.1, 0.15) is 11.5 Å². The van der Waals surface area contributed by atoms with Crippen molar-refractivity contribution >= 4 is 0 Å². The number of benzene rings is 2. The zero-order valence-electron chi connectivity index (χ0n) is 11.4. The highest BCUT2D eigenvalue weighted by Crippen LogP contribution is 2.48. The van der Waals surface area contributed by atoms with Crippen molar-refractivity contribution in [2.24, 2.45) is 0 Å². The van der Waals surface area contributed by atoms with Crippen LogP contribution < -0.4 is 4.74 Å². The third-order valence-corrected chi connectivity index (χ3v) is 3.84. The molecule has 0 aliphatic carbocycles. The summed E-state index contributed by atoms with van der Waals surface area (Å²) >= 11 is 0. The molecule has 0 saturated carbocycles. The van der Waals surface area contributed by atoms with Gasteiger partial charge in [-0.1, -0.05) is 38.1 Å². The fourth-order valence-electron chi connectivity index (χ4n) is 2.72. The van der Waals surface area contributed by atoms with Crippen LogP contribution in [-0.2, 0) is 5.41 Å². The van der Waals surface area contributed by atoms with E-state index in [1.165, 1.54) is 22.3 Å². The Morgan fingerprint density at radius 3 is 1.67 bits per heavy atom. The van der Waals surface area contributed by atoms with E-state index in [1.807, 2.05) is 0 Å². The van der Waals surface area contributed by atoms with E-state index in [0.29, 0.717) is 0 Å². The lowest BCUT2D eigenvalue weighted by molar-refractivity contribution is 0.417. The second-order valence-electron chi connectivity index (χ2n) is 5.73. The van der Waals surface area contributed by atoms with Crippen molar-refractivity contribution in [3.05, 3.63) is 58.7 Å². The first-order valence-electron chi connectivity index (χ1n) is 6.38. The van der Waals surface area contributed by atoms with Crippen molar-refractivity contribution in [2.75, 3.05) is 0 Å². The van der Waals surface area contributed by atoms with Crippen LogP contribution >= 0.6 is 0 Å². The molecule has 0 N–H and O–H groups in total. The van der Waals surface area contributed by atoms with Gasteiger partial charge in [0.25, 0.3) is 0 Å². The standard InChI is InChI=1S/C17H18O/c1-11-5-7-13-15(9-11)18-16-10-12(2)6-8-14(16)17(13,3)4/h5-10H,1-4H3. The highest BCUT2D eigenvalue weighted by atomic mass is 16.5. The smallest absolute Gasteiger partial charge is 0.131 e. The lowest BCUT2D eigenvalue weighted by Crippen LogP contribution is -2.24. The molecule has 92 valence electrons. The van der Waals surface area contributed by atoms with E-state index in [9.17, 15) is 0 Å². The van der Waals surface area contributed by atoms with Gasteiger partial charge in [-0.25, -0.2) is 0 Å². The Morgan fingerprint density at radius 2 is 1.22 bits per heavy atom. The van der Waals surface area contributed by atoms with Crippen LogP contribution in [0.5, 0.6) is 11.5 Å². The largest absolute Gasteiger partial charge is 0.457 e. The molecule has 0 spiro atoms. The van der Waals surface area contributed by atoms with E-state index in [4.69, 9.17) is 4.74 Å². The Kier molecular flexibility index (Phi) is 2.28. The molecular formula is C17H18O. The van der Waals surface area contributed by atoms with Gasteiger partial charge in [0.15, 0.2) is 0 Å². The topological polar surface area (TPSA) is 9.23 Å². The average molecular weight is 238 g/mol. The van der Waals surface area contributed by atoms with Gasteiger partial charge in [0.2, 0.25) is 0 Å². The Balaban J connectivity index is 2.25. The molecule has 0 amide bonds. The SMILES string of the molecule is Cc1ccc2c(c1)Oc1cc(C)ccc1C2(C)C. The Bertz CT molecular complexity index is 570. The Labute approximate surface area is 108 Å². The van der Waals surface area contributed by atoms with Gasteiger partial charge in [0, 0.05) is 16.5 Å². The number of hydrogen-bond acceptors (Lipinski definition) is 1. The van der Waals surface area contributed by atoms with Crippen LogP contribution in [0.2, 0.25) is 0 Å². The van der Waals surface area contributed by atoms with Gasteiger partial charge in [-0.15, -0.1) is 0 Å². The first-order valence-corrected chi connectivity index (χ1v) is 6.38. The molecular weight excluding hydrogens is 220 g/mol. The number of rotatable bonds is 0. The number of ether oxygens (including phenoxy) is 1. The molecule has 0 radical (unpaired) electrons. The minimum atomic E-state index is 0.00428. The summed E-state index contributed by atoms with van der Waals surface area (Å²) in [6, 6.07) is 12.9. The normalized spacial score (nSPS) is 15.6. The molecule has 18 heavy (non-hydrogen) atoms. The van der Waals surface area contributed by atoms with Gasteiger partial charge < -0.3 is 4.74 Å². The zero-order valence-corrected chi connectivity index (χ0v) is 11.4. The molecule has 1 heteroatoms. The first-order chi connectivity index (χ1) is 8.48. The molecule has 1 heterocycles. The monoisotopic (exact) mass is 238 g/mol. The summed E-state index contributed by atoms with van der Waals surface area (Å²) in [4.78, 5) is 0. The zero-order chi connectivity index (χ0) is 12.9.